The summed E-state index contributed by atoms with van der Waals surface area (Å²) in [6.07, 6.45) is 5.39. The molecule has 1 heterocycles. The molecule has 108 valence electrons. The molecule has 3 atom stereocenters. The van der Waals surface area contributed by atoms with Gasteiger partial charge in [-0.25, -0.2) is 0 Å². The molecule has 0 aliphatic carbocycles. The van der Waals surface area contributed by atoms with E-state index in [0.717, 1.165) is 12.0 Å². The van der Waals surface area contributed by atoms with Gasteiger partial charge in [0.1, 0.15) is 0 Å². The maximum atomic E-state index is 10.4. The number of aliphatic hydroxyl groups excluding tert-OH is 1. The standard InChI is InChI=1S/C15H22ClNO.ClH/c1-2-5-13-8-4-9-14(17-13)15(18)11-6-3-7-12(16)10-11;/h3,6-7,10,13-15,17-18H,2,4-5,8-9H2,1H3;1H/t13-,14+,15?;/m1./s1. The van der Waals surface area contributed by atoms with Gasteiger partial charge in [-0.15, -0.1) is 12.4 Å². The van der Waals surface area contributed by atoms with Crippen LogP contribution in [-0.2, 0) is 0 Å². The van der Waals surface area contributed by atoms with E-state index in [2.05, 4.69) is 12.2 Å². The minimum atomic E-state index is -0.455. The molecule has 4 heteroatoms. The first-order valence-electron chi connectivity index (χ1n) is 6.90. The average Bonchev–Trinajstić information content (AvgIpc) is 2.39. The van der Waals surface area contributed by atoms with E-state index in [0.29, 0.717) is 11.1 Å². The van der Waals surface area contributed by atoms with E-state index in [1.165, 1.54) is 25.7 Å². The summed E-state index contributed by atoms with van der Waals surface area (Å²) in [6, 6.07) is 8.26. The van der Waals surface area contributed by atoms with Gasteiger partial charge in [0.15, 0.2) is 0 Å². The molecular formula is C15H23Cl2NO. The quantitative estimate of drug-likeness (QED) is 0.877. The van der Waals surface area contributed by atoms with E-state index in [9.17, 15) is 5.11 Å². The van der Waals surface area contributed by atoms with E-state index >= 15 is 0 Å². The minimum Gasteiger partial charge on any atom is -0.387 e. The lowest BCUT2D eigenvalue weighted by atomic mass is 9.90. The monoisotopic (exact) mass is 303 g/mol. The Kier molecular flexibility index (Phi) is 7.16. The Morgan fingerprint density at radius 1 is 1.42 bits per heavy atom. The number of piperidine rings is 1. The van der Waals surface area contributed by atoms with Gasteiger partial charge in [-0.1, -0.05) is 43.5 Å². The van der Waals surface area contributed by atoms with Gasteiger partial charge in [-0.2, -0.15) is 0 Å². The maximum Gasteiger partial charge on any atom is 0.0943 e. The highest BCUT2D eigenvalue weighted by Crippen LogP contribution is 2.27. The van der Waals surface area contributed by atoms with Crippen molar-refractivity contribution in [1.82, 2.24) is 5.32 Å². The Bertz CT molecular complexity index is 384. The minimum absolute atomic E-state index is 0. The van der Waals surface area contributed by atoms with Crippen molar-refractivity contribution in [2.45, 2.75) is 57.2 Å². The molecule has 1 aromatic carbocycles. The molecule has 0 bridgehead atoms. The van der Waals surface area contributed by atoms with Gasteiger partial charge in [0.25, 0.3) is 0 Å². The highest BCUT2D eigenvalue weighted by atomic mass is 35.5. The fourth-order valence-corrected chi connectivity index (χ4v) is 3.00. The molecule has 1 unspecified atom stereocenters. The molecule has 2 rings (SSSR count). The van der Waals surface area contributed by atoms with Crippen LogP contribution in [0.4, 0.5) is 0 Å². The van der Waals surface area contributed by atoms with Crippen LogP contribution in [-0.4, -0.2) is 17.2 Å². The molecule has 1 aliphatic heterocycles. The lowest BCUT2D eigenvalue weighted by molar-refractivity contribution is 0.0998. The van der Waals surface area contributed by atoms with Crippen LogP contribution in [0.25, 0.3) is 0 Å². The molecule has 1 aliphatic rings. The zero-order valence-corrected chi connectivity index (χ0v) is 12.9. The summed E-state index contributed by atoms with van der Waals surface area (Å²) in [5.41, 5.74) is 0.914. The zero-order valence-electron chi connectivity index (χ0n) is 11.3. The van der Waals surface area contributed by atoms with Gasteiger partial charge < -0.3 is 10.4 Å². The van der Waals surface area contributed by atoms with Gasteiger partial charge in [-0.05, 0) is 37.0 Å². The van der Waals surface area contributed by atoms with Gasteiger partial charge in [0.2, 0.25) is 0 Å². The van der Waals surface area contributed by atoms with Crippen molar-refractivity contribution in [2.75, 3.05) is 0 Å². The summed E-state index contributed by atoms with van der Waals surface area (Å²) in [7, 11) is 0. The number of hydrogen-bond donors (Lipinski definition) is 2. The molecule has 1 aromatic rings. The van der Waals surface area contributed by atoms with E-state index in [1.807, 2.05) is 24.3 Å². The largest absolute Gasteiger partial charge is 0.387 e. The fraction of sp³-hybridized carbons (Fsp3) is 0.600. The molecule has 0 saturated carbocycles. The van der Waals surface area contributed by atoms with Crippen LogP contribution in [0.3, 0.4) is 0 Å². The lowest BCUT2D eigenvalue weighted by Crippen LogP contribution is -2.45. The van der Waals surface area contributed by atoms with Crippen LogP contribution in [0.2, 0.25) is 5.02 Å². The summed E-state index contributed by atoms with van der Waals surface area (Å²) in [5.74, 6) is 0. The number of rotatable bonds is 4. The second-order valence-electron chi connectivity index (χ2n) is 5.19. The molecule has 0 radical (unpaired) electrons. The van der Waals surface area contributed by atoms with Gasteiger partial charge >= 0.3 is 0 Å². The molecule has 2 nitrogen and oxygen atoms in total. The smallest absolute Gasteiger partial charge is 0.0943 e. The van der Waals surface area contributed by atoms with Crippen molar-refractivity contribution >= 4 is 24.0 Å². The Hall–Kier alpha value is -0.280. The Morgan fingerprint density at radius 3 is 2.89 bits per heavy atom. The van der Waals surface area contributed by atoms with Crippen LogP contribution >= 0.6 is 24.0 Å². The first kappa shape index (κ1) is 16.8. The Balaban J connectivity index is 0.00000180. The third-order valence-electron chi connectivity index (χ3n) is 3.73. The average molecular weight is 304 g/mol. The fourth-order valence-electron chi connectivity index (χ4n) is 2.80. The van der Waals surface area contributed by atoms with Gasteiger partial charge in [-0.3, -0.25) is 0 Å². The molecule has 2 N–H and O–H groups in total. The van der Waals surface area contributed by atoms with Gasteiger partial charge in [0, 0.05) is 17.1 Å². The van der Waals surface area contributed by atoms with Crippen molar-refractivity contribution in [2.24, 2.45) is 0 Å². The molecule has 0 spiro atoms. The van der Waals surface area contributed by atoms with Crippen molar-refractivity contribution < 1.29 is 5.11 Å². The lowest BCUT2D eigenvalue weighted by Gasteiger charge is -2.34. The number of halogens is 2. The van der Waals surface area contributed by atoms with Crippen molar-refractivity contribution in [1.29, 1.82) is 0 Å². The number of nitrogens with one attached hydrogen (secondary N) is 1. The Labute approximate surface area is 127 Å². The number of benzene rings is 1. The summed E-state index contributed by atoms with van der Waals surface area (Å²) >= 11 is 5.97. The summed E-state index contributed by atoms with van der Waals surface area (Å²) in [6.45, 7) is 2.21. The van der Waals surface area contributed by atoms with E-state index < -0.39 is 6.10 Å². The first-order valence-corrected chi connectivity index (χ1v) is 7.28. The normalized spacial score (nSPS) is 24.6. The van der Waals surface area contributed by atoms with Crippen molar-refractivity contribution in [3.8, 4) is 0 Å². The zero-order chi connectivity index (χ0) is 13.0. The summed E-state index contributed by atoms with van der Waals surface area (Å²) in [5, 5.41) is 14.7. The second kappa shape index (κ2) is 8.11. The molecule has 0 amide bonds. The van der Waals surface area contributed by atoms with Crippen LogP contribution in [0, 0.1) is 0 Å². The maximum absolute atomic E-state index is 10.4. The van der Waals surface area contributed by atoms with Crippen LogP contribution in [0.1, 0.15) is 50.7 Å². The molecular weight excluding hydrogens is 281 g/mol. The van der Waals surface area contributed by atoms with E-state index in [-0.39, 0.29) is 18.4 Å². The third-order valence-corrected chi connectivity index (χ3v) is 3.96. The predicted molar refractivity (Wildman–Crippen MR) is 83.1 cm³/mol. The topological polar surface area (TPSA) is 32.3 Å². The first-order chi connectivity index (χ1) is 8.70. The summed E-state index contributed by atoms with van der Waals surface area (Å²) in [4.78, 5) is 0. The third kappa shape index (κ3) is 4.64. The van der Waals surface area contributed by atoms with Crippen LogP contribution < -0.4 is 5.32 Å². The van der Waals surface area contributed by atoms with E-state index in [4.69, 9.17) is 11.6 Å². The summed E-state index contributed by atoms with van der Waals surface area (Å²) < 4.78 is 0. The van der Waals surface area contributed by atoms with E-state index in [1.54, 1.807) is 0 Å². The van der Waals surface area contributed by atoms with Crippen molar-refractivity contribution in [3.63, 3.8) is 0 Å². The number of hydrogen-bond acceptors (Lipinski definition) is 2. The number of aliphatic hydroxyl groups is 1. The predicted octanol–water partition coefficient (Wildman–Crippen LogP) is 4.11. The molecule has 1 fully saturated rings. The highest BCUT2D eigenvalue weighted by Gasteiger charge is 2.26. The molecule has 1 saturated heterocycles. The molecule has 0 aromatic heterocycles. The van der Waals surface area contributed by atoms with Crippen LogP contribution in [0.5, 0.6) is 0 Å². The van der Waals surface area contributed by atoms with Crippen molar-refractivity contribution in [3.05, 3.63) is 34.9 Å². The highest BCUT2D eigenvalue weighted by molar-refractivity contribution is 6.30. The second-order valence-corrected chi connectivity index (χ2v) is 5.63. The Morgan fingerprint density at radius 2 is 2.21 bits per heavy atom. The van der Waals surface area contributed by atoms with Gasteiger partial charge in [0.05, 0.1) is 6.10 Å². The SMILES string of the molecule is CCC[C@@H]1CCC[C@@H](C(O)c2cccc(Cl)c2)N1.Cl. The molecule has 19 heavy (non-hydrogen) atoms. The van der Waals surface area contributed by atoms with Crippen LogP contribution in [0.15, 0.2) is 24.3 Å².